The Morgan fingerprint density at radius 1 is 1.18 bits per heavy atom. The predicted molar refractivity (Wildman–Crippen MR) is 127 cm³/mol. The summed E-state index contributed by atoms with van der Waals surface area (Å²) < 4.78 is 2.09. The fraction of sp³-hybridized carbons (Fsp3) is 0.522. The van der Waals surface area contributed by atoms with Crippen LogP contribution in [0.4, 0.5) is 17.5 Å². The number of nitrogens with zero attached hydrogens (tertiary/aromatic N) is 5. The Bertz CT molecular complexity index is 1200. The van der Waals surface area contributed by atoms with Gasteiger partial charge in [0.15, 0.2) is 11.5 Å². The Labute approximate surface area is 192 Å². The van der Waals surface area contributed by atoms with Crippen LogP contribution in [0.1, 0.15) is 67.9 Å². The van der Waals surface area contributed by atoms with Crippen molar-refractivity contribution in [2.75, 3.05) is 10.6 Å². The molecule has 0 bridgehead atoms. The van der Waals surface area contributed by atoms with Gasteiger partial charge in [-0.1, -0.05) is 12.8 Å². The molecule has 0 aliphatic heterocycles. The lowest BCUT2D eigenvalue weighted by molar-refractivity contribution is 0.0995. The summed E-state index contributed by atoms with van der Waals surface area (Å²) in [5, 5.41) is 20.5. The predicted octanol–water partition coefficient (Wildman–Crippen LogP) is 2.95. The van der Waals surface area contributed by atoms with Crippen LogP contribution in [-0.2, 0) is 5.54 Å². The number of anilines is 3. The first-order valence-corrected chi connectivity index (χ1v) is 11.7. The molecule has 2 saturated carbocycles. The van der Waals surface area contributed by atoms with Crippen molar-refractivity contribution in [2.24, 2.45) is 11.5 Å². The topological polar surface area (TPSA) is 150 Å². The van der Waals surface area contributed by atoms with Crippen molar-refractivity contribution in [1.82, 2.24) is 25.0 Å². The summed E-state index contributed by atoms with van der Waals surface area (Å²) in [6.07, 6.45) is 9.75. The summed E-state index contributed by atoms with van der Waals surface area (Å²) in [5.74, 6) is -0.100. The average molecular weight is 450 g/mol. The number of carbonyl (C=O) groups is 1. The summed E-state index contributed by atoms with van der Waals surface area (Å²) in [5.41, 5.74) is 14.7. The highest BCUT2D eigenvalue weighted by Gasteiger charge is 2.34. The fourth-order valence-electron chi connectivity index (χ4n) is 4.86. The van der Waals surface area contributed by atoms with Gasteiger partial charge in [-0.2, -0.15) is 10.1 Å². The van der Waals surface area contributed by atoms with E-state index in [1.165, 1.54) is 6.42 Å². The molecule has 0 radical (unpaired) electrons. The number of benzene rings is 1. The van der Waals surface area contributed by atoms with E-state index >= 15 is 0 Å². The summed E-state index contributed by atoms with van der Waals surface area (Å²) >= 11 is 0. The van der Waals surface area contributed by atoms with E-state index in [4.69, 9.17) is 16.6 Å². The van der Waals surface area contributed by atoms with Gasteiger partial charge in [0.05, 0.1) is 11.1 Å². The summed E-state index contributed by atoms with van der Waals surface area (Å²) in [7, 11) is 0. The van der Waals surface area contributed by atoms with E-state index in [0.29, 0.717) is 5.95 Å². The number of fused-ring (bicyclic) bond motifs is 1. The minimum absolute atomic E-state index is 0.0103. The molecule has 10 heteroatoms. The van der Waals surface area contributed by atoms with E-state index in [9.17, 15) is 4.79 Å². The molecule has 1 amide bonds. The Morgan fingerprint density at radius 3 is 2.67 bits per heavy atom. The van der Waals surface area contributed by atoms with Crippen molar-refractivity contribution in [1.29, 1.82) is 0 Å². The van der Waals surface area contributed by atoms with Gasteiger partial charge in [0.1, 0.15) is 0 Å². The summed E-state index contributed by atoms with van der Waals surface area (Å²) in [4.78, 5) is 16.5. The molecule has 6 N–H and O–H groups in total. The molecule has 174 valence electrons. The third-order valence-electron chi connectivity index (χ3n) is 7.10. The number of nitrogens with two attached hydrogens (primary N) is 2. The van der Waals surface area contributed by atoms with Gasteiger partial charge in [-0.25, -0.2) is 0 Å². The molecule has 2 atom stereocenters. The van der Waals surface area contributed by atoms with Crippen LogP contribution in [-0.4, -0.2) is 43.0 Å². The van der Waals surface area contributed by atoms with Crippen molar-refractivity contribution in [3.63, 3.8) is 0 Å². The minimum Gasteiger partial charge on any atom is -0.364 e. The van der Waals surface area contributed by atoms with E-state index in [1.807, 2.05) is 19.1 Å². The lowest BCUT2D eigenvalue weighted by atomic mass is 9.79. The zero-order valence-corrected chi connectivity index (χ0v) is 19.1. The molecule has 3 aromatic rings. The maximum Gasteiger partial charge on any atom is 0.273 e. The normalized spacial score (nSPS) is 22.0. The zero-order chi connectivity index (χ0) is 23.2. The molecule has 0 unspecified atom stereocenters. The molecule has 10 nitrogen and oxygen atoms in total. The van der Waals surface area contributed by atoms with Gasteiger partial charge < -0.3 is 22.1 Å². The third-order valence-corrected chi connectivity index (χ3v) is 7.10. The first kappa shape index (κ1) is 21.6. The van der Waals surface area contributed by atoms with Crippen LogP contribution >= 0.6 is 0 Å². The standard InChI is InChI=1S/C23H31N9O/c1-13-10-15(11-14-12-32(31-18(13)14)23(2)8-5-9-23)26-21-19(20(25)33)29-30-22(28-21)27-17-7-4-3-6-16(17)24/h10-12,16-17H,3-9,24H2,1-2H3,(H2,25,33)(H2,26,27,28,30)/t16-,17+/m0/s1. The number of aryl methyl sites for hydroxylation is 1. The first-order chi connectivity index (χ1) is 15.8. The lowest BCUT2D eigenvalue weighted by Crippen LogP contribution is -2.43. The Morgan fingerprint density at radius 2 is 1.97 bits per heavy atom. The molecule has 0 saturated heterocycles. The molecule has 2 aliphatic carbocycles. The van der Waals surface area contributed by atoms with Crippen LogP contribution < -0.4 is 22.1 Å². The highest BCUT2D eigenvalue weighted by molar-refractivity contribution is 5.96. The number of hydrogen-bond acceptors (Lipinski definition) is 8. The zero-order valence-electron chi connectivity index (χ0n) is 19.1. The molecular weight excluding hydrogens is 418 g/mol. The quantitative estimate of drug-likeness (QED) is 0.448. The molecule has 2 fully saturated rings. The average Bonchev–Trinajstić information content (AvgIpc) is 3.19. The van der Waals surface area contributed by atoms with Gasteiger partial charge in [-0.15, -0.1) is 10.2 Å². The second-order valence-corrected chi connectivity index (χ2v) is 9.68. The van der Waals surface area contributed by atoms with E-state index in [0.717, 1.165) is 60.7 Å². The van der Waals surface area contributed by atoms with Crippen molar-refractivity contribution < 1.29 is 4.79 Å². The van der Waals surface area contributed by atoms with Crippen LogP contribution in [0, 0.1) is 6.92 Å². The van der Waals surface area contributed by atoms with Crippen LogP contribution in [0.5, 0.6) is 0 Å². The van der Waals surface area contributed by atoms with Crippen LogP contribution in [0.3, 0.4) is 0 Å². The van der Waals surface area contributed by atoms with Gasteiger partial charge in [0.2, 0.25) is 5.95 Å². The maximum atomic E-state index is 12.0. The Hall–Kier alpha value is -3.27. The number of nitrogens with one attached hydrogen (secondary N) is 2. The molecular formula is C23H31N9O. The van der Waals surface area contributed by atoms with Gasteiger partial charge in [-0.05, 0) is 63.6 Å². The number of carbonyl (C=O) groups excluding carboxylic acids is 1. The van der Waals surface area contributed by atoms with E-state index in [-0.39, 0.29) is 29.1 Å². The summed E-state index contributed by atoms with van der Waals surface area (Å²) in [6, 6.07) is 4.10. The maximum absolute atomic E-state index is 12.0. The molecule has 0 spiro atoms. The molecule has 1 aromatic carbocycles. The second kappa shape index (κ2) is 8.26. The highest BCUT2D eigenvalue weighted by Crippen LogP contribution is 2.39. The smallest absolute Gasteiger partial charge is 0.273 e. The number of amides is 1. The molecule has 2 heterocycles. The van der Waals surface area contributed by atoms with Crippen LogP contribution in [0.25, 0.3) is 10.9 Å². The van der Waals surface area contributed by atoms with Gasteiger partial charge in [0, 0.05) is 29.4 Å². The van der Waals surface area contributed by atoms with Gasteiger partial charge in [0.25, 0.3) is 5.91 Å². The first-order valence-electron chi connectivity index (χ1n) is 11.7. The largest absolute Gasteiger partial charge is 0.364 e. The van der Waals surface area contributed by atoms with Crippen molar-refractivity contribution in [3.8, 4) is 0 Å². The van der Waals surface area contributed by atoms with E-state index < -0.39 is 5.91 Å². The van der Waals surface area contributed by atoms with Crippen molar-refractivity contribution in [2.45, 2.75) is 76.4 Å². The lowest BCUT2D eigenvalue weighted by Gasteiger charge is -2.38. The second-order valence-electron chi connectivity index (χ2n) is 9.68. The Balaban J connectivity index is 1.45. The fourth-order valence-corrected chi connectivity index (χ4v) is 4.86. The Kier molecular flexibility index (Phi) is 5.40. The van der Waals surface area contributed by atoms with Gasteiger partial charge >= 0.3 is 0 Å². The van der Waals surface area contributed by atoms with E-state index in [1.54, 1.807) is 0 Å². The SMILES string of the molecule is Cc1cc(Nc2nc(N[C@@H]3CCCC[C@@H]3N)nnc2C(N)=O)cc2cn(C3(C)CCC3)nc12. The summed E-state index contributed by atoms with van der Waals surface area (Å²) in [6.45, 7) is 4.27. The van der Waals surface area contributed by atoms with E-state index in [2.05, 4.69) is 43.6 Å². The molecule has 2 aromatic heterocycles. The number of aromatic nitrogens is 5. The highest BCUT2D eigenvalue weighted by atomic mass is 16.1. The number of primary amides is 1. The van der Waals surface area contributed by atoms with Crippen molar-refractivity contribution >= 4 is 34.3 Å². The number of hydrogen-bond donors (Lipinski definition) is 4. The monoisotopic (exact) mass is 449 g/mol. The van der Waals surface area contributed by atoms with Crippen molar-refractivity contribution in [3.05, 3.63) is 29.6 Å². The molecule has 33 heavy (non-hydrogen) atoms. The third kappa shape index (κ3) is 4.10. The molecule has 5 rings (SSSR count). The van der Waals surface area contributed by atoms with Crippen LogP contribution in [0.15, 0.2) is 18.3 Å². The van der Waals surface area contributed by atoms with Crippen LogP contribution in [0.2, 0.25) is 0 Å². The van der Waals surface area contributed by atoms with Gasteiger partial charge in [-0.3, -0.25) is 9.48 Å². The number of rotatable bonds is 6. The molecule has 2 aliphatic rings. The minimum atomic E-state index is -0.693.